The molecule has 0 amide bonds. The second-order valence-electron chi connectivity index (χ2n) is 1.73. The number of rotatable bonds is 0. The lowest BCUT2D eigenvalue weighted by Crippen LogP contribution is -2.01. The molecule has 0 saturated carbocycles. The highest BCUT2D eigenvalue weighted by atomic mass is 32.1. The SMILES string of the molecule is c1sc2c(c#1)CC2. The van der Waals surface area contributed by atoms with E-state index in [4.69, 9.17) is 0 Å². The molecule has 0 aliphatic heterocycles. The van der Waals surface area contributed by atoms with Gasteiger partial charge in [0.2, 0.25) is 0 Å². The van der Waals surface area contributed by atoms with Gasteiger partial charge >= 0.3 is 0 Å². The van der Waals surface area contributed by atoms with Crippen LogP contribution in [-0.2, 0) is 12.8 Å². The predicted molar refractivity (Wildman–Crippen MR) is 29.4 cm³/mol. The first kappa shape index (κ1) is 3.51. The molecule has 1 aromatic heterocycles. The van der Waals surface area contributed by atoms with Gasteiger partial charge in [-0.05, 0) is 18.2 Å². The van der Waals surface area contributed by atoms with Crippen LogP contribution >= 0.6 is 11.3 Å². The molecule has 2 rings (SSSR count). The third-order valence-corrected chi connectivity index (χ3v) is 2.22. The zero-order valence-electron chi connectivity index (χ0n) is 3.82. The summed E-state index contributed by atoms with van der Waals surface area (Å²) < 4.78 is 0. The molecule has 0 spiro atoms. The van der Waals surface area contributed by atoms with E-state index >= 15 is 0 Å². The monoisotopic (exact) mass is 108 g/mol. The Labute approximate surface area is 46.8 Å². The largest absolute Gasteiger partial charge is 0.0880 e. The molecule has 1 aliphatic rings. The molecule has 0 atom stereocenters. The molecule has 1 heterocycles. The zero-order chi connectivity index (χ0) is 4.69. The molecule has 1 aromatic rings. The van der Waals surface area contributed by atoms with Crippen molar-refractivity contribution in [1.29, 1.82) is 0 Å². The first-order chi connectivity index (χ1) is 3.47. The Morgan fingerprint density at radius 3 is 2.71 bits per heavy atom. The summed E-state index contributed by atoms with van der Waals surface area (Å²) >= 11 is 1.71. The molecule has 0 radical (unpaired) electrons. The lowest BCUT2D eigenvalue weighted by atomic mass is 10.0. The fourth-order valence-corrected chi connectivity index (χ4v) is 1.52. The van der Waals surface area contributed by atoms with Crippen LogP contribution in [0.25, 0.3) is 0 Å². The number of hydrogen-bond acceptors (Lipinski definition) is 1. The van der Waals surface area contributed by atoms with Crippen LogP contribution in [0.5, 0.6) is 0 Å². The summed E-state index contributed by atoms with van der Waals surface area (Å²) in [6, 6.07) is 3.05. The van der Waals surface area contributed by atoms with Crippen LogP contribution in [0.3, 0.4) is 0 Å². The molecule has 0 nitrogen and oxygen atoms in total. The molecule has 1 heteroatoms. The second-order valence-corrected chi connectivity index (χ2v) is 2.63. The van der Waals surface area contributed by atoms with Crippen molar-refractivity contribution in [3.8, 4) is 0 Å². The number of aryl methyl sites for hydroxylation is 1. The van der Waals surface area contributed by atoms with E-state index in [1.165, 1.54) is 23.3 Å². The van der Waals surface area contributed by atoms with Crippen molar-refractivity contribution < 1.29 is 0 Å². The van der Waals surface area contributed by atoms with Crippen molar-refractivity contribution in [1.82, 2.24) is 0 Å². The van der Waals surface area contributed by atoms with E-state index in [1.54, 1.807) is 11.3 Å². The Hall–Kier alpha value is -0.480. The summed E-state index contributed by atoms with van der Waals surface area (Å²) in [7, 11) is 0. The summed E-state index contributed by atoms with van der Waals surface area (Å²) in [6.07, 6.45) is 2.52. The van der Waals surface area contributed by atoms with Crippen molar-refractivity contribution in [2.24, 2.45) is 0 Å². The van der Waals surface area contributed by atoms with Gasteiger partial charge in [-0.2, -0.15) is 0 Å². The Morgan fingerprint density at radius 1 is 1.43 bits per heavy atom. The van der Waals surface area contributed by atoms with Crippen molar-refractivity contribution in [3.05, 3.63) is 21.9 Å². The maximum Gasteiger partial charge on any atom is 0.0255 e. The summed E-state index contributed by atoms with van der Waals surface area (Å²) in [5.41, 5.74) is 1.41. The van der Waals surface area contributed by atoms with Gasteiger partial charge in [-0.15, -0.1) is 0 Å². The van der Waals surface area contributed by atoms with Crippen LogP contribution in [0.2, 0.25) is 0 Å². The van der Waals surface area contributed by atoms with E-state index in [1.807, 2.05) is 0 Å². The topological polar surface area (TPSA) is 0 Å². The average Bonchev–Trinajstić information content (AvgIpc) is 1.85. The maximum atomic E-state index is 3.05. The van der Waals surface area contributed by atoms with Crippen LogP contribution in [0.15, 0.2) is 0 Å². The highest BCUT2D eigenvalue weighted by Crippen LogP contribution is 2.23. The Kier molecular flexibility index (Phi) is 0.511. The molecular formula is C6H4S. The zero-order valence-corrected chi connectivity index (χ0v) is 4.64. The summed E-state index contributed by atoms with van der Waals surface area (Å²) in [4.78, 5) is 1.50. The molecule has 0 N–H and O–H groups in total. The van der Waals surface area contributed by atoms with Gasteiger partial charge < -0.3 is 0 Å². The fraction of sp³-hybridized carbons (Fsp3) is 0.333. The van der Waals surface area contributed by atoms with E-state index in [-0.39, 0.29) is 0 Å². The number of hydrogen-bond donors (Lipinski definition) is 0. The van der Waals surface area contributed by atoms with E-state index in [0.717, 1.165) is 0 Å². The minimum Gasteiger partial charge on any atom is -0.0880 e. The summed E-state index contributed by atoms with van der Waals surface area (Å²) in [5, 5.41) is 2.98. The molecule has 1 aliphatic carbocycles. The molecule has 0 bridgehead atoms. The quantitative estimate of drug-likeness (QED) is 0.472. The van der Waals surface area contributed by atoms with Crippen molar-refractivity contribution in [3.63, 3.8) is 0 Å². The standard InChI is InChI=1S/C6H4S/c1-2-6-5(1)3-4-7-6/h1-2H2. The smallest absolute Gasteiger partial charge is 0.0255 e. The molecule has 7 heavy (non-hydrogen) atoms. The van der Waals surface area contributed by atoms with Gasteiger partial charge in [-0.1, -0.05) is 17.4 Å². The van der Waals surface area contributed by atoms with Gasteiger partial charge in [0.1, 0.15) is 0 Å². The third-order valence-electron chi connectivity index (χ3n) is 1.31. The second kappa shape index (κ2) is 1.02. The molecule has 0 saturated heterocycles. The van der Waals surface area contributed by atoms with Gasteiger partial charge in [0.25, 0.3) is 0 Å². The van der Waals surface area contributed by atoms with Gasteiger partial charge in [0, 0.05) is 10.4 Å². The predicted octanol–water partition coefficient (Wildman–Crippen LogP) is 1.45. The van der Waals surface area contributed by atoms with E-state index in [2.05, 4.69) is 11.4 Å². The Bertz CT molecular complexity index is 158. The van der Waals surface area contributed by atoms with Crippen molar-refractivity contribution in [2.75, 3.05) is 0 Å². The first-order valence-electron chi connectivity index (χ1n) is 2.37. The summed E-state index contributed by atoms with van der Waals surface area (Å²) in [6.45, 7) is 0. The van der Waals surface area contributed by atoms with E-state index in [9.17, 15) is 0 Å². The third kappa shape index (κ3) is 0.324. The van der Waals surface area contributed by atoms with Crippen LogP contribution in [0.1, 0.15) is 10.4 Å². The maximum absolute atomic E-state index is 3.05. The molecule has 0 unspecified atom stereocenters. The van der Waals surface area contributed by atoms with Gasteiger partial charge in [0.15, 0.2) is 0 Å². The van der Waals surface area contributed by atoms with Crippen molar-refractivity contribution in [2.45, 2.75) is 12.8 Å². The highest BCUT2D eigenvalue weighted by molar-refractivity contribution is 7.09. The van der Waals surface area contributed by atoms with E-state index in [0.29, 0.717) is 0 Å². The van der Waals surface area contributed by atoms with Crippen LogP contribution in [-0.4, -0.2) is 0 Å². The molecule has 0 aromatic carbocycles. The minimum atomic E-state index is 1.25. The lowest BCUT2D eigenvalue weighted by Gasteiger charge is -2.07. The van der Waals surface area contributed by atoms with Gasteiger partial charge in [-0.3, -0.25) is 0 Å². The number of fused-ring (bicyclic) bond motifs is 1. The molecular weight excluding hydrogens is 104 g/mol. The fourth-order valence-electron chi connectivity index (χ4n) is 0.746. The van der Waals surface area contributed by atoms with Crippen LogP contribution in [0, 0.1) is 11.4 Å². The lowest BCUT2D eigenvalue weighted by molar-refractivity contribution is 0.872. The first-order valence-corrected chi connectivity index (χ1v) is 3.18. The van der Waals surface area contributed by atoms with Gasteiger partial charge in [0.05, 0.1) is 0 Å². The molecule has 0 fully saturated rings. The van der Waals surface area contributed by atoms with Gasteiger partial charge in [-0.25, -0.2) is 0 Å². The van der Waals surface area contributed by atoms with Crippen molar-refractivity contribution >= 4 is 11.3 Å². The molecule has 34 valence electrons. The summed E-state index contributed by atoms with van der Waals surface area (Å²) in [5.74, 6) is 0. The Balaban J connectivity index is 2.69. The highest BCUT2D eigenvalue weighted by Gasteiger charge is 2.12. The normalized spacial score (nSPS) is 14.3. The van der Waals surface area contributed by atoms with Crippen LogP contribution < -0.4 is 0 Å². The van der Waals surface area contributed by atoms with E-state index < -0.39 is 0 Å². The Morgan fingerprint density at radius 2 is 2.43 bits per heavy atom. The average molecular weight is 108 g/mol. The minimum absolute atomic E-state index is 1.25. The van der Waals surface area contributed by atoms with Crippen LogP contribution in [0.4, 0.5) is 0 Å².